The maximum absolute atomic E-state index is 12.4. The summed E-state index contributed by atoms with van der Waals surface area (Å²) in [5, 5.41) is 5.98. The number of rotatable bonds is 7. The van der Waals surface area contributed by atoms with Gasteiger partial charge in [-0.3, -0.25) is 19.4 Å². The Morgan fingerprint density at radius 3 is 2.14 bits per heavy atom. The predicted octanol–water partition coefficient (Wildman–Crippen LogP) is 2.18. The number of benzene rings is 2. The van der Waals surface area contributed by atoms with Crippen molar-refractivity contribution in [3.05, 3.63) is 65.2 Å². The summed E-state index contributed by atoms with van der Waals surface area (Å²) in [5.41, 5.74) is 4.17. The highest BCUT2D eigenvalue weighted by atomic mass is 16.2. The second kappa shape index (κ2) is 10.2. The SMILES string of the molecule is Cc1ccc(C)c(NC(=O)CN2CCN(CC(=O)NCc3ccccc3)CC2)c1. The summed E-state index contributed by atoms with van der Waals surface area (Å²) >= 11 is 0. The summed E-state index contributed by atoms with van der Waals surface area (Å²) in [7, 11) is 0. The molecule has 0 radical (unpaired) electrons. The molecule has 1 saturated heterocycles. The Morgan fingerprint density at radius 2 is 1.48 bits per heavy atom. The zero-order chi connectivity index (χ0) is 20.6. The number of hydrogen-bond donors (Lipinski definition) is 2. The van der Waals surface area contributed by atoms with Gasteiger partial charge in [0, 0.05) is 38.4 Å². The van der Waals surface area contributed by atoms with E-state index in [0.717, 1.165) is 48.6 Å². The molecule has 0 atom stereocenters. The second-order valence-electron chi connectivity index (χ2n) is 7.68. The van der Waals surface area contributed by atoms with Crippen LogP contribution in [-0.2, 0) is 16.1 Å². The van der Waals surface area contributed by atoms with Gasteiger partial charge in [-0.05, 0) is 36.6 Å². The Hall–Kier alpha value is -2.70. The van der Waals surface area contributed by atoms with E-state index in [2.05, 4.69) is 20.4 Å². The van der Waals surface area contributed by atoms with Gasteiger partial charge in [-0.1, -0.05) is 42.5 Å². The average molecular weight is 395 g/mol. The molecule has 0 unspecified atom stereocenters. The van der Waals surface area contributed by atoms with Crippen LogP contribution in [0.3, 0.4) is 0 Å². The van der Waals surface area contributed by atoms with E-state index < -0.39 is 0 Å². The monoisotopic (exact) mass is 394 g/mol. The van der Waals surface area contributed by atoms with E-state index >= 15 is 0 Å². The quantitative estimate of drug-likeness (QED) is 0.756. The topological polar surface area (TPSA) is 64.7 Å². The molecule has 2 aromatic rings. The van der Waals surface area contributed by atoms with Crippen LogP contribution in [-0.4, -0.2) is 60.9 Å². The summed E-state index contributed by atoms with van der Waals surface area (Å²) in [5.74, 6) is 0.0442. The molecule has 1 fully saturated rings. The van der Waals surface area contributed by atoms with E-state index in [0.29, 0.717) is 19.6 Å². The molecule has 1 aliphatic rings. The number of piperazine rings is 1. The normalized spacial score (nSPS) is 15.1. The predicted molar refractivity (Wildman–Crippen MR) is 116 cm³/mol. The molecule has 0 spiro atoms. The molecule has 2 amide bonds. The third-order valence-corrected chi connectivity index (χ3v) is 5.20. The number of anilines is 1. The zero-order valence-electron chi connectivity index (χ0n) is 17.3. The lowest BCUT2D eigenvalue weighted by molar-refractivity contribution is -0.123. The lowest BCUT2D eigenvalue weighted by Gasteiger charge is -2.33. The molecule has 154 valence electrons. The summed E-state index contributed by atoms with van der Waals surface area (Å²) in [6, 6.07) is 16.0. The maximum atomic E-state index is 12.4. The molecule has 6 heteroatoms. The molecule has 2 N–H and O–H groups in total. The lowest BCUT2D eigenvalue weighted by Crippen LogP contribution is -2.50. The lowest BCUT2D eigenvalue weighted by atomic mass is 10.1. The van der Waals surface area contributed by atoms with E-state index in [1.165, 1.54) is 0 Å². The molecule has 0 aliphatic carbocycles. The van der Waals surface area contributed by atoms with E-state index in [9.17, 15) is 9.59 Å². The molecule has 0 aromatic heterocycles. The number of hydrogen-bond acceptors (Lipinski definition) is 4. The third kappa shape index (κ3) is 6.69. The van der Waals surface area contributed by atoms with Gasteiger partial charge in [0.15, 0.2) is 0 Å². The van der Waals surface area contributed by atoms with Gasteiger partial charge in [-0.2, -0.15) is 0 Å². The number of aryl methyl sites for hydroxylation is 2. The van der Waals surface area contributed by atoms with Crippen LogP contribution < -0.4 is 10.6 Å². The van der Waals surface area contributed by atoms with Crippen LogP contribution in [0.5, 0.6) is 0 Å². The second-order valence-corrected chi connectivity index (χ2v) is 7.68. The number of nitrogens with one attached hydrogen (secondary N) is 2. The first-order valence-electron chi connectivity index (χ1n) is 10.1. The molecule has 29 heavy (non-hydrogen) atoms. The van der Waals surface area contributed by atoms with Crippen molar-refractivity contribution in [2.24, 2.45) is 0 Å². The van der Waals surface area contributed by atoms with Crippen molar-refractivity contribution in [1.29, 1.82) is 0 Å². The van der Waals surface area contributed by atoms with Crippen LogP contribution in [0.25, 0.3) is 0 Å². The zero-order valence-corrected chi connectivity index (χ0v) is 17.3. The van der Waals surface area contributed by atoms with Crippen LogP contribution in [0.15, 0.2) is 48.5 Å². The molecule has 6 nitrogen and oxygen atoms in total. The minimum atomic E-state index is 0.00718. The fraction of sp³-hybridized carbons (Fsp3) is 0.391. The van der Waals surface area contributed by atoms with Crippen molar-refractivity contribution >= 4 is 17.5 Å². The van der Waals surface area contributed by atoms with E-state index in [1.54, 1.807) is 0 Å². The first-order valence-corrected chi connectivity index (χ1v) is 10.1. The fourth-order valence-corrected chi connectivity index (χ4v) is 3.42. The molecule has 0 bridgehead atoms. The molecule has 0 saturated carbocycles. The number of amides is 2. The highest BCUT2D eigenvalue weighted by Gasteiger charge is 2.20. The van der Waals surface area contributed by atoms with Crippen molar-refractivity contribution in [2.45, 2.75) is 20.4 Å². The average Bonchev–Trinajstić information content (AvgIpc) is 2.71. The van der Waals surface area contributed by atoms with Crippen LogP contribution in [0.2, 0.25) is 0 Å². The van der Waals surface area contributed by atoms with Crippen molar-refractivity contribution < 1.29 is 9.59 Å². The summed E-state index contributed by atoms with van der Waals surface area (Å²) < 4.78 is 0. The third-order valence-electron chi connectivity index (χ3n) is 5.20. The Labute approximate surface area is 172 Å². The van der Waals surface area contributed by atoms with E-state index in [4.69, 9.17) is 0 Å². The van der Waals surface area contributed by atoms with Gasteiger partial charge in [0.25, 0.3) is 0 Å². The molecular formula is C23H30N4O2. The minimum Gasteiger partial charge on any atom is -0.351 e. The van der Waals surface area contributed by atoms with Gasteiger partial charge >= 0.3 is 0 Å². The van der Waals surface area contributed by atoms with Gasteiger partial charge < -0.3 is 10.6 Å². The smallest absolute Gasteiger partial charge is 0.238 e. The molecule has 1 aliphatic heterocycles. The highest BCUT2D eigenvalue weighted by molar-refractivity contribution is 5.93. The minimum absolute atomic E-state index is 0.00718. The summed E-state index contributed by atoms with van der Waals surface area (Å²) in [6.07, 6.45) is 0. The Kier molecular flexibility index (Phi) is 7.38. The van der Waals surface area contributed by atoms with E-state index in [1.807, 2.05) is 62.4 Å². The van der Waals surface area contributed by atoms with Crippen LogP contribution in [0.1, 0.15) is 16.7 Å². The fourth-order valence-electron chi connectivity index (χ4n) is 3.42. The van der Waals surface area contributed by atoms with Crippen LogP contribution in [0.4, 0.5) is 5.69 Å². The Balaban J connectivity index is 1.37. The van der Waals surface area contributed by atoms with Crippen molar-refractivity contribution in [2.75, 3.05) is 44.6 Å². The van der Waals surface area contributed by atoms with Gasteiger partial charge in [0.1, 0.15) is 0 Å². The highest BCUT2D eigenvalue weighted by Crippen LogP contribution is 2.16. The van der Waals surface area contributed by atoms with E-state index in [-0.39, 0.29) is 11.8 Å². The maximum Gasteiger partial charge on any atom is 0.238 e. The van der Waals surface area contributed by atoms with Crippen LogP contribution >= 0.6 is 0 Å². The van der Waals surface area contributed by atoms with Gasteiger partial charge in [0.2, 0.25) is 11.8 Å². The van der Waals surface area contributed by atoms with Crippen molar-refractivity contribution in [3.8, 4) is 0 Å². The Morgan fingerprint density at radius 1 is 0.862 bits per heavy atom. The first-order chi connectivity index (χ1) is 14.0. The van der Waals surface area contributed by atoms with Gasteiger partial charge in [-0.15, -0.1) is 0 Å². The summed E-state index contributed by atoms with van der Waals surface area (Å²) in [4.78, 5) is 28.8. The molecule has 3 rings (SSSR count). The van der Waals surface area contributed by atoms with Crippen LogP contribution in [0, 0.1) is 13.8 Å². The number of carbonyl (C=O) groups excluding carboxylic acids is 2. The summed E-state index contributed by atoms with van der Waals surface area (Å²) in [6.45, 7) is 8.49. The van der Waals surface area contributed by atoms with Gasteiger partial charge in [-0.25, -0.2) is 0 Å². The largest absolute Gasteiger partial charge is 0.351 e. The number of nitrogens with zero attached hydrogens (tertiary/aromatic N) is 2. The standard InChI is InChI=1S/C23H30N4O2/c1-18-8-9-19(2)21(14-18)25-23(29)17-27-12-10-26(11-13-27)16-22(28)24-15-20-6-4-3-5-7-20/h3-9,14H,10-13,15-17H2,1-2H3,(H,24,28)(H,25,29). The number of carbonyl (C=O) groups is 2. The first kappa shape index (κ1) is 21.0. The molecule has 1 heterocycles. The van der Waals surface area contributed by atoms with Crippen molar-refractivity contribution in [1.82, 2.24) is 15.1 Å². The molecular weight excluding hydrogens is 364 g/mol. The van der Waals surface area contributed by atoms with Gasteiger partial charge in [0.05, 0.1) is 13.1 Å². The van der Waals surface area contributed by atoms with Crippen molar-refractivity contribution in [3.63, 3.8) is 0 Å². The molecule has 2 aromatic carbocycles. The Bertz CT molecular complexity index is 830.